The molecule has 2 aromatic carbocycles. The van der Waals surface area contributed by atoms with Crippen LogP contribution in [-0.2, 0) is 70.4 Å². The largest absolute Gasteiger partial charge is 0.342 e. The van der Waals surface area contributed by atoms with Gasteiger partial charge in [0.05, 0.1) is 26.1 Å². The first-order valence-corrected chi connectivity index (χ1v) is 34.1. The van der Waals surface area contributed by atoms with Gasteiger partial charge in [0.25, 0.3) is 0 Å². The second-order valence-electron chi connectivity index (χ2n) is 27.3. The molecule has 12 amide bonds. The van der Waals surface area contributed by atoms with Crippen molar-refractivity contribution in [3.63, 3.8) is 0 Å². The van der Waals surface area contributed by atoms with Gasteiger partial charge in [-0.15, -0.1) is 0 Å². The highest BCUT2D eigenvalue weighted by atomic mass is 127. The molecule has 26 heteroatoms. The minimum Gasteiger partial charge on any atom is -0.342 e. The molecule has 94 heavy (non-hydrogen) atoms. The van der Waals surface area contributed by atoms with Crippen LogP contribution in [-0.4, -0.2) is 240 Å². The number of nitrogens with zero attached hydrogens (tertiary/aromatic N) is 8. The predicted molar refractivity (Wildman–Crippen MR) is 368 cm³/mol. The van der Waals surface area contributed by atoms with Crippen molar-refractivity contribution in [3.8, 4) is 0 Å². The molecule has 0 bridgehead atoms. The van der Waals surface area contributed by atoms with Gasteiger partial charge in [-0.1, -0.05) is 97.7 Å². The molecule has 0 spiro atoms. The van der Waals surface area contributed by atoms with E-state index in [2.05, 4.69) is 43.9 Å². The zero-order chi connectivity index (χ0) is 70.8. The lowest BCUT2D eigenvalue weighted by molar-refractivity contribution is -0.152. The second kappa shape index (κ2) is 36.3. The van der Waals surface area contributed by atoms with Crippen LogP contribution in [0.3, 0.4) is 0 Å². The average molecular weight is 1440 g/mol. The Hall–Kier alpha value is -6.90. The fourth-order valence-electron chi connectivity index (χ4n) is 11.4. The van der Waals surface area contributed by atoms with Crippen LogP contribution in [0.5, 0.6) is 0 Å². The van der Waals surface area contributed by atoms with Crippen molar-refractivity contribution in [1.29, 1.82) is 0 Å². The van der Waals surface area contributed by atoms with Crippen LogP contribution >= 0.6 is 34.2 Å². The Morgan fingerprint density at radius 1 is 0.564 bits per heavy atom. The smallest absolute Gasteiger partial charge is 0.246 e. The van der Waals surface area contributed by atoms with E-state index in [-0.39, 0.29) is 49.9 Å². The molecule has 0 saturated carbocycles. The Kier molecular flexibility index (Phi) is 30.7. The molecule has 2 aliphatic heterocycles. The van der Waals surface area contributed by atoms with Gasteiger partial charge in [-0.25, -0.2) is 0 Å². The minimum absolute atomic E-state index is 0.0479. The van der Waals surface area contributed by atoms with Crippen LogP contribution < -0.4 is 21.3 Å². The lowest BCUT2D eigenvalue weighted by Gasteiger charge is -2.39. The first-order valence-electron chi connectivity index (χ1n) is 32.7. The number of likely N-dealkylation sites (tertiary alicyclic amines) is 1. The standard InChI is InChI=1S/C68H104ClIN12O12/c1-18-44(8)59-66(93)77(13)39-57(85)75(11)40-58(86)79(15)53(36-45-25-27-47(69)28-26-45)64(91)76(12)38-55(83)71-49(35-46-23-22-24-48(70)34-46)60(87)72-51(32-42(4)5)63(90)81(17)68(9,10)67(94)73-50(31-41(2)3)62(89)80(16)54(65(92)82-29-20-19-21-30-82)37-56(84)78(14)52(33-43(6)7)61(88)74-59/h22-28,34,41-44,49-54,59H,18-21,29-33,35-40H2,1-17H3,(H,71,83)(H,72,87)(H,73,94)(H,74,88)/t44-,49-,50-,51-,52-,53-,54?,59-/m0/s1. The zero-order valence-electron chi connectivity index (χ0n) is 58.3. The Morgan fingerprint density at radius 2 is 1.12 bits per heavy atom. The maximum Gasteiger partial charge on any atom is 0.246 e. The summed E-state index contributed by atoms with van der Waals surface area (Å²) in [5.74, 6) is -9.10. The van der Waals surface area contributed by atoms with E-state index in [9.17, 15) is 52.7 Å². The molecule has 0 aliphatic carbocycles. The molecule has 2 heterocycles. The summed E-state index contributed by atoms with van der Waals surface area (Å²) in [6.45, 7) is 16.8. The summed E-state index contributed by atoms with van der Waals surface area (Å²) in [7, 11) is 9.77. The molecule has 4 rings (SSSR count). The average Bonchev–Trinajstić information content (AvgIpc) is 0.828. The van der Waals surface area contributed by atoms with E-state index < -0.39 is 151 Å². The first-order chi connectivity index (χ1) is 43.9. The number of benzene rings is 2. The number of carbonyl (C=O) groups is 12. The summed E-state index contributed by atoms with van der Waals surface area (Å²) in [4.78, 5) is 186. The Bertz CT molecular complexity index is 3010. The van der Waals surface area contributed by atoms with Gasteiger partial charge in [0.2, 0.25) is 70.9 Å². The molecule has 1 unspecified atom stereocenters. The van der Waals surface area contributed by atoms with Gasteiger partial charge in [-0.2, -0.15) is 0 Å². The van der Waals surface area contributed by atoms with Crippen molar-refractivity contribution in [1.82, 2.24) is 60.5 Å². The minimum atomic E-state index is -1.70. The summed E-state index contributed by atoms with van der Waals surface area (Å²) in [6, 6.07) is 5.00. The van der Waals surface area contributed by atoms with Gasteiger partial charge >= 0.3 is 0 Å². The first kappa shape index (κ1) is 79.5. The highest BCUT2D eigenvalue weighted by Gasteiger charge is 2.44. The van der Waals surface area contributed by atoms with Crippen molar-refractivity contribution in [2.24, 2.45) is 23.7 Å². The van der Waals surface area contributed by atoms with E-state index in [0.29, 0.717) is 48.5 Å². The van der Waals surface area contributed by atoms with Crippen LogP contribution in [0.4, 0.5) is 0 Å². The molecule has 2 aliphatic rings. The quantitative estimate of drug-likeness (QED) is 0.204. The van der Waals surface area contributed by atoms with Gasteiger partial charge in [0, 0.05) is 83.9 Å². The third-order valence-electron chi connectivity index (χ3n) is 17.9. The lowest BCUT2D eigenvalue weighted by atomic mass is 9.95. The predicted octanol–water partition coefficient (Wildman–Crippen LogP) is 4.36. The van der Waals surface area contributed by atoms with Crippen molar-refractivity contribution in [3.05, 3.63) is 68.3 Å². The number of likely N-dealkylation sites (N-methyl/N-ethyl adjacent to an activating group) is 7. The molecule has 2 fully saturated rings. The van der Waals surface area contributed by atoms with Crippen LogP contribution in [0, 0.1) is 27.2 Å². The summed E-state index contributed by atoms with van der Waals surface area (Å²) in [5, 5.41) is 11.9. The number of carbonyl (C=O) groups excluding carboxylic acids is 12. The molecule has 0 radical (unpaired) electrons. The molecule has 522 valence electrons. The molecule has 2 aromatic rings. The Labute approximate surface area is 575 Å². The summed E-state index contributed by atoms with van der Waals surface area (Å²) in [5.41, 5.74) is -0.433. The van der Waals surface area contributed by atoms with Crippen molar-refractivity contribution >= 4 is 105 Å². The Balaban J connectivity index is 1.89. The van der Waals surface area contributed by atoms with E-state index in [1.165, 1.54) is 82.8 Å². The summed E-state index contributed by atoms with van der Waals surface area (Å²) >= 11 is 8.36. The topological polar surface area (TPSA) is 279 Å². The zero-order valence-corrected chi connectivity index (χ0v) is 61.2. The highest BCUT2D eigenvalue weighted by Crippen LogP contribution is 2.24. The van der Waals surface area contributed by atoms with E-state index in [4.69, 9.17) is 11.6 Å². The number of hydrogen-bond donors (Lipinski definition) is 4. The van der Waals surface area contributed by atoms with Crippen molar-refractivity contribution < 1.29 is 57.5 Å². The lowest BCUT2D eigenvalue weighted by Crippen LogP contribution is -2.63. The van der Waals surface area contributed by atoms with Crippen molar-refractivity contribution in [2.75, 3.05) is 82.1 Å². The maximum atomic E-state index is 15.1. The fourth-order valence-corrected chi connectivity index (χ4v) is 12.2. The highest BCUT2D eigenvalue weighted by molar-refractivity contribution is 14.1. The van der Waals surface area contributed by atoms with Crippen molar-refractivity contribution in [2.45, 2.75) is 181 Å². The molecule has 0 aromatic heterocycles. The summed E-state index contributed by atoms with van der Waals surface area (Å²) in [6.07, 6.45) is 2.33. The second-order valence-corrected chi connectivity index (χ2v) is 29.0. The Morgan fingerprint density at radius 3 is 1.68 bits per heavy atom. The third kappa shape index (κ3) is 22.6. The normalized spacial score (nSPS) is 24.0. The number of piperidine rings is 1. The number of amides is 12. The number of rotatable bonds is 13. The third-order valence-corrected chi connectivity index (χ3v) is 18.8. The van der Waals surface area contributed by atoms with Gasteiger partial charge in [-0.3, -0.25) is 57.5 Å². The maximum absolute atomic E-state index is 15.1. The van der Waals surface area contributed by atoms with Gasteiger partial charge in [0.1, 0.15) is 47.8 Å². The SMILES string of the molecule is CC[C@H](C)[C@@H]1NC(=O)[C@H](CC(C)C)N(C)C(=O)CC(C(=O)N2CCCCC2)N(C)C(=O)[C@H](CC(C)C)NC(=O)C(C)(C)N(C)C(=O)[C@H](CC(C)C)NC(=O)[C@H](Cc2cccc(I)c2)NC(=O)CN(C)C(=O)[C@H](Cc2ccc(Cl)cc2)N(C)C(=O)CN(C)C(=O)CN(C)C1=O. The molecule has 4 N–H and O–H groups in total. The van der Waals surface area contributed by atoms with E-state index in [1.54, 1.807) is 48.2 Å². The molecular formula is C68H104ClIN12O12. The molecule has 2 saturated heterocycles. The number of hydrogen-bond acceptors (Lipinski definition) is 12. The molecule has 8 atom stereocenters. The van der Waals surface area contributed by atoms with Gasteiger partial charge < -0.3 is 60.5 Å². The fraction of sp³-hybridized carbons (Fsp3) is 0.647. The molecular weight excluding hydrogens is 1340 g/mol. The van der Waals surface area contributed by atoms with Crippen LogP contribution in [0.2, 0.25) is 5.02 Å². The van der Waals surface area contributed by atoms with Crippen LogP contribution in [0.1, 0.15) is 132 Å². The molecule has 24 nitrogen and oxygen atoms in total. The van der Waals surface area contributed by atoms with Crippen LogP contribution in [0.15, 0.2) is 48.5 Å². The van der Waals surface area contributed by atoms with E-state index >= 15 is 4.79 Å². The monoisotopic (exact) mass is 1440 g/mol. The van der Waals surface area contributed by atoms with E-state index in [1.807, 2.05) is 60.6 Å². The summed E-state index contributed by atoms with van der Waals surface area (Å²) < 4.78 is 0.842. The van der Waals surface area contributed by atoms with Gasteiger partial charge in [-0.05, 0) is 134 Å². The number of halogens is 2. The van der Waals surface area contributed by atoms with Gasteiger partial charge in [0.15, 0.2) is 0 Å². The van der Waals surface area contributed by atoms with E-state index in [0.717, 1.165) is 24.7 Å². The van der Waals surface area contributed by atoms with Crippen LogP contribution in [0.25, 0.3) is 0 Å². The number of nitrogens with one attached hydrogen (secondary N) is 4.